The minimum absolute atomic E-state index is 0.0133. The van der Waals surface area contributed by atoms with Crippen LogP contribution < -0.4 is 5.73 Å². The molecule has 9 heteroatoms. The van der Waals surface area contributed by atoms with Crippen LogP contribution in [0.15, 0.2) is 32.7 Å². The first-order valence-corrected chi connectivity index (χ1v) is 7.78. The Labute approximate surface area is 125 Å². The van der Waals surface area contributed by atoms with Crippen molar-refractivity contribution in [2.24, 2.45) is 10.9 Å². The van der Waals surface area contributed by atoms with Crippen LogP contribution in [0.25, 0.3) is 0 Å². The average Bonchev–Trinajstić information content (AvgIpc) is 2.34. The van der Waals surface area contributed by atoms with Gasteiger partial charge in [0.05, 0.1) is 5.02 Å². The molecule has 1 rings (SSSR count). The van der Waals surface area contributed by atoms with Crippen LogP contribution in [0.2, 0.25) is 5.02 Å². The summed E-state index contributed by atoms with van der Waals surface area (Å²) in [5.74, 6) is -0.0380. The van der Waals surface area contributed by atoms with E-state index in [9.17, 15) is 8.42 Å². The molecular formula is C10H13BrClN3O3S. The highest BCUT2D eigenvalue weighted by atomic mass is 79.9. The molecular weight excluding hydrogens is 358 g/mol. The molecule has 0 saturated heterocycles. The highest BCUT2D eigenvalue weighted by Crippen LogP contribution is 2.27. The number of amidine groups is 1. The third-order valence-electron chi connectivity index (χ3n) is 2.39. The van der Waals surface area contributed by atoms with E-state index >= 15 is 0 Å². The largest absolute Gasteiger partial charge is 0.409 e. The third-order valence-corrected chi connectivity index (χ3v) is 5.23. The van der Waals surface area contributed by atoms with Gasteiger partial charge >= 0.3 is 0 Å². The van der Waals surface area contributed by atoms with Gasteiger partial charge in [0.15, 0.2) is 0 Å². The number of nitrogens with zero attached hydrogens (tertiary/aromatic N) is 2. The molecule has 19 heavy (non-hydrogen) atoms. The molecule has 0 aromatic heterocycles. The van der Waals surface area contributed by atoms with Crippen LogP contribution in [0.1, 0.15) is 6.42 Å². The molecule has 0 atom stereocenters. The van der Waals surface area contributed by atoms with E-state index in [1.165, 1.54) is 19.2 Å². The van der Waals surface area contributed by atoms with Crippen molar-refractivity contribution in [3.05, 3.63) is 27.7 Å². The zero-order chi connectivity index (χ0) is 14.6. The van der Waals surface area contributed by atoms with E-state index in [4.69, 9.17) is 22.5 Å². The topological polar surface area (TPSA) is 96.0 Å². The van der Waals surface area contributed by atoms with Gasteiger partial charge in [0.2, 0.25) is 10.0 Å². The van der Waals surface area contributed by atoms with Crippen LogP contribution in [-0.4, -0.2) is 37.4 Å². The van der Waals surface area contributed by atoms with Crippen molar-refractivity contribution < 1.29 is 13.6 Å². The van der Waals surface area contributed by atoms with Gasteiger partial charge in [-0.1, -0.05) is 32.7 Å². The molecule has 0 bridgehead atoms. The lowest BCUT2D eigenvalue weighted by Gasteiger charge is -2.17. The first-order chi connectivity index (χ1) is 8.78. The summed E-state index contributed by atoms with van der Waals surface area (Å²) >= 11 is 9.13. The van der Waals surface area contributed by atoms with Gasteiger partial charge in [-0.3, -0.25) is 0 Å². The van der Waals surface area contributed by atoms with Crippen molar-refractivity contribution in [1.82, 2.24) is 4.31 Å². The van der Waals surface area contributed by atoms with Crippen molar-refractivity contribution in [3.63, 3.8) is 0 Å². The number of nitrogens with two attached hydrogens (primary N) is 1. The van der Waals surface area contributed by atoms with E-state index in [2.05, 4.69) is 21.1 Å². The maximum Gasteiger partial charge on any atom is 0.244 e. The molecule has 0 unspecified atom stereocenters. The normalized spacial score (nSPS) is 12.9. The lowest BCUT2D eigenvalue weighted by Crippen LogP contribution is -2.30. The molecule has 0 aliphatic heterocycles. The maximum atomic E-state index is 12.2. The summed E-state index contributed by atoms with van der Waals surface area (Å²) in [6.07, 6.45) is 0.125. The van der Waals surface area contributed by atoms with Crippen LogP contribution in [-0.2, 0) is 10.0 Å². The SMILES string of the molecule is CN(CC/C(N)=N/O)S(=O)(=O)c1ccc(Br)cc1Cl. The van der Waals surface area contributed by atoms with E-state index in [0.717, 1.165) is 4.31 Å². The van der Waals surface area contributed by atoms with Crippen molar-refractivity contribution >= 4 is 43.4 Å². The summed E-state index contributed by atoms with van der Waals surface area (Å²) in [6.45, 7) is 0.0879. The van der Waals surface area contributed by atoms with E-state index in [0.29, 0.717) is 4.47 Å². The zero-order valence-electron chi connectivity index (χ0n) is 10.0. The van der Waals surface area contributed by atoms with Crippen LogP contribution >= 0.6 is 27.5 Å². The van der Waals surface area contributed by atoms with Crippen LogP contribution in [0.4, 0.5) is 0 Å². The number of rotatable bonds is 5. The molecule has 6 nitrogen and oxygen atoms in total. The van der Waals surface area contributed by atoms with Gasteiger partial charge < -0.3 is 10.9 Å². The van der Waals surface area contributed by atoms with Gasteiger partial charge in [0.1, 0.15) is 10.7 Å². The minimum atomic E-state index is -3.70. The summed E-state index contributed by atoms with van der Waals surface area (Å²) in [5.41, 5.74) is 5.30. The second kappa shape index (κ2) is 6.56. The number of halogens is 2. The Kier molecular flexibility index (Phi) is 5.60. The fourth-order valence-electron chi connectivity index (χ4n) is 1.29. The second-order valence-corrected chi connectivity index (χ2v) is 7.08. The molecule has 1 aromatic rings. The average molecular weight is 371 g/mol. The first-order valence-electron chi connectivity index (χ1n) is 5.17. The fourth-order valence-corrected chi connectivity index (χ4v) is 3.47. The van der Waals surface area contributed by atoms with Gasteiger partial charge in [-0.2, -0.15) is 0 Å². The molecule has 0 spiro atoms. The van der Waals surface area contributed by atoms with Gasteiger partial charge in [-0.15, -0.1) is 0 Å². The smallest absolute Gasteiger partial charge is 0.244 e. The standard InChI is InChI=1S/C10H13BrClN3O3S/c1-15(5-4-10(13)14-16)19(17,18)9-3-2-7(11)6-8(9)12/h2-3,6,16H,4-5H2,1H3,(H2,13,14). The third kappa shape index (κ3) is 4.07. The summed E-state index contributed by atoms with van der Waals surface area (Å²) in [7, 11) is -2.30. The van der Waals surface area contributed by atoms with Gasteiger partial charge in [0, 0.05) is 24.5 Å². The number of hydrogen-bond donors (Lipinski definition) is 2. The molecule has 0 aliphatic carbocycles. The zero-order valence-corrected chi connectivity index (χ0v) is 13.2. The van der Waals surface area contributed by atoms with Crippen LogP contribution in [0.5, 0.6) is 0 Å². The maximum absolute atomic E-state index is 12.2. The number of oxime groups is 1. The summed E-state index contributed by atoms with van der Waals surface area (Å²) in [4.78, 5) is 0.0133. The van der Waals surface area contributed by atoms with E-state index in [1.807, 2.05) is 0 Å². The van der Waals surface area contributed by atoms with Crippen molar-refractivity contribution in [2.75, 3.05) is 13.6 Å². The lowest BCUT2D eigenvalue weighted by molar-refractivity contribution is 0.316. The number of sulfonamides is 1. The monoisotopic (exact) mass is 369 g/mol. The Morgan fingerprint density at radius 3 is 2.74 bits per heavy atom. The summed E-state index contributed by atoms with van der Waals surface area (Å²) in [5, 5.41) is 11.3. The highest BCUT2D eigenvalue weighted by molar-refractivity contribution is 9.10. The lowest BCUT2D eigenvalue weighted by atomic mass is 10.4. The number of benzene rings is 1. The molecule has 0 saturated carbocycles. The van der Waals surface area contributed by atoms with Gasteiger partial charge in [-0.05, 0) is 18.2 Å². The van der Waals surface area contributed by atoms with Gasteiger partial charge in [0.25, 0.3) is 0 Å². The quantitative estimate of drug-likeness (QED) is 0.358. The van der Waals surface area contributed by atoms with Crippen molar-refractivity contribution in [3.8, 4) is 0 Å². The van der Waals surface area contributed by atoms with Gasteiger partial charge in [-0.25, -0.2) is 12.7 Å². The molecule has 0 aliphatic rings. The molecule has 1 aromatic carbocycles. The predicted molar refractivity (Wildman–Crippen MR) is 77.0 cm³/mol. The van der Waals surface area contributed by atoms with Crippen LogP contribution in [0.3, 0.4) is 0 Å². The summed E-state index contributed by atoms with van der Waals surface area (Å²) in [6, 6.07) is 4.52. The molecule has 3 N–H and O–H groups in total. The van der Waals surface area contributed by atoms with E-state index in [1.54, 1.807) is 6.07 Å². The Balaban J connectivity index is 2.97. The predicted octanol–water partition coefficient (Wildman–Crippen LogP) is 1.86. The van der Waals surface area contributed by atoms with Crippen LogP contribution in [0, 0.1) is 0 Å². The fraction of sp³-hybridized carbons (Fsp3) is 0.300. The van der Waals surface area contributed by atoms with Crippen molar-refractivity contribution in [2.45, 2.75) is 11.3 Å². The number of hydrogen-bond acceptors (Lipinski definition) is 4. The Morgan fingerprint density at radius 2 is 2.21 bits per heavy atom. The molecule has 0 amide bonds. The Hall–Kier alpha value is -0.830. The Bertz CT molecular complexity index is 592. The molecule has 0 fully saturated rings. The molecule has 0 heterocycles. The minimum Gasteiger partial charge on any atom is -0.409 e. The summed E-state index contributed by atoms with van der Waals surface area (Å²) < 4.78 is 26.3. The van der Waals surface area contributed by atoms with Crippen molar-refractivity contribution in [1.29, 1.82) is 0 Å². The molecule has 106 valence electrons. The van der Waals surface area contributed by atoms with E-state index < -0.39 is 10.0 Å². The Morgan fingerprint density at radius 1 is 1.58 bits per heavy atom. The highest BCUT2D eigenvalue weighted by Gasteiger charge is 2.23. The second-order valence-electron chi connectivity index (χ2n) is 3.74. The first kappa shape index (κ1) is 16.2. The van der Waals surface area contributed by atoms with E-state index in [-0.39, 0.29) is 28.7 Å². The molecule has 0 radical (unpaired) electrons.